The molecule has 0 saturated carbocycles. The van der Waals surface area contributed by atoms with Crippen LogP contribution < -0.4 is 20.1 Å². The minimum absolute atomic E-state index is 0.0123. The summed E-state index contributed by atoms with van der Waals surface area (Å²) in [6.07, 6.45) is 1.37. The number of nitrogens with one attached hydrogen (secondary N) is 2. The van der Waals surface area contributed by atoms with Gasteiger partial charge in [-0.25, -0.2) is 0 Å². The standard InChI is InChI=1S/C17H26N2O4/c1-3-7-23-15-5-4-13(9-16(15)21-2)11-19-17(20)10-14-12-22-8-6-18-14/h4-5,9,14,18H,3,6-8,10-12H2,1-2H3,(H,19,20). The van der Waals surface area contributed by atoms with E-state index in [4.69, 9.17) is 14.2 Å². The molecule has 0 aromatic heterocycles. The van der Waals surface area contributed by atoms with E-state index in [-0.39, 0.29) is 11.9 Å². The van der Waals surface area contributed by atoms with E-state index in [0.29, 0.717) is 38.5 Å². The molecule has 1 fully saturated rings. The number of carbonyl (C=O) groups excluding carboxylic acids is 1. The van der Waals surface area contributed by atoms with Crippen molar-refractivity contribution in [3.63, 3.8) is 0 Å². The van der Waals surface area contributed by atoms with E-state index in [0.717, 1.165) is 24.3 Å². The fourth-order valence-corrected chi connectivity index (χ4v) is 2.40. The van der Waals surface area contributed by atoms with Gasteiger partial charge in [0.05, 0.1) is 26.9 Å². The normalized spacial score (nSPS) is 17.6. The molecule has 1 heterocycles. The molecule has 128 valence electrons. The number of amides is 1. The Kier molecular flexibility index (Phi) is 7.16. The molecule has 1 unspecified atom stereocenters. The number of hydrogen-bond acceptors (Lipinski definition) is 5. The first kappa shape index (κ1) is 17.6. The minimum Gasteiger partial charge on any atom is -0.493 e. The van der Waals surface area contributed by atoms with Crippen molar-refractivity contribution in [3.05, 3.63) is 23.8 Å². The average Bonchev–Trinajstić information content (AvgIpc) is 2.59. The third-order valence-electron chi connectivity index (χ3n) is 3.61. The molecular weight excluding hydrogens is 296 g/mol. The SMILES string of the molecule is CCCOc1ccc(CNC(=O)CC2COCCN2)cc1OC. The van der Waals surface area contributed by atoms with Crippen LogP contribution in [-0.4, -0.2) is 45.4 Å². The molecule has 2 rings (SSSR count). The number of benzene rings is 1. The Hall–Kier alpha value is -1.79. The maximum Gasteiger partial charge on any atom is 0.221 e. The Bertz CT molecular complexity index is 501. The highest BCUT2D eigenvalue weighted by Gasteiger charge is 2.16. The van der Waals surface area contributed by atoms with Gasteiger partial charge >= 0.3 is 0 Å². The Morgan fingerprint density at radius 1 is 1.43 bits per heavy atom. The number of ether oxygens (including phenoxy) is 3. The predicted molar refractivity (Wildman–Crippen MR) is 87.9 cm³/mol. The number of rotatable bonds is 8. The summed E-state index contributed by atoms with van der Waals surface area (Å²) >= 11 is 0. The van der Waals surface area contributed by atoms with Gasteiger partial charge in [0, 0.05) is 25.6 Å². The van der Waals surface area contributed by atoms with E-state index >= 15 is 0 Å². The smallest absolute Gasteiger partial charge is 0.221 e. The molecule has 23 heavy (non-hydrogen) atoms. The molecule has 6 heteroatoms. The summed E-state index contributed by atoms with van der Waals surface area (Å²) in [5, 5.41) is 6.20. The molecule has 1 aliphatic heterocycles. The van der Waals surface area contributed by atoms with E-state index < -0.39 is 0 Å². The molecule has 1 aromatic rings. The van der Waals surface area contributed by atoms with Crippen molar-refractivity contribution in [3.8, 4) is 11.5 Å². The van der Waals surface area contributed by atoms with Gasteiger partial charge in [0.1, 0.15) is 0 Å². The molecule has 0 radical (unpaired) electrons. The van der Waals surface area contributed by atoms with Crippen LogP contribution in [0.15, 0.2) is 18.2 Å². The lowest BCUT2D eigenvalue weighted by Crippen LogP contribution is -2.44. The van der Waals surface area contributed by atoms with Crippen LogP contribution in [0, 0.1) is 0 Å². The van der Waals surface area contributed by atoms with Crippen molar-refractivity contribution < 1.29 is 19.0 Å². The van der Waals surface area contributed by atoms with Crippen LogP contribution in [-0.2, 0) is 16.1 Å². The van der Waals surface area contributed by atoms with Crippen LogP contribution in [0.5, 0.6) is 11.5 Å². The maximum atomic E-state index is 12.0. The van der Waals surface area contributed by atoms with Gasteiger partial charge in [-0.3, -0.25) is 4.79 Å². The lowest BCUT2D eigenvalue weighted by Gasteiger charge is -2.23. The molecule has 1 atom stereocenters. The van der Waals surface area contributed by atoms with Crippen molar-refractivity contribution in [1.82, 2.24) is 10.6 Å². The van der Waals surface area contributed by atoms with Gasteiger partial charge in [-0.2, -0.15) is 0 Å². The Labute approximate surface area is 137 Å². The zero-order valence-electron chi connectivity index (χ0n) is 13.9. The molecule has 0 aliphatic carbocycles. The molecule has 1 aliphatic rings. The minimum atomic E-state index is 0.0123. The molecule has 0 bridgehead atoms. The third-order valence-corrected chi connectivity index (χ3v) is 3.61. The molecule has 6 nitrogen and oxygen atoms in total. The number of morpholine rings is 1. The van der Waals surface area contributed by atoms with E-state index in [2.05, 4.69) is 17.6 Å². The zero-order valence-corrected chi connectivity index (χ0v) is 13.9. The highest BCUT2D eigenvalue weighted by molar-refractivity contribution is 5.76. The van der Waals surface area contributed by atoms with Crippen LogP contribution in [0.1, 0.15) is 25.3 Å². The Balaban J connectivity index is 1.83. The van der Waals surface area contributed by atoms with E-state index in [1.54, 1.807) is 7.11 Å². The summed E-state index contributed by atoms with van der Waals surface area (Å²) in [7, 11) is 1.62. The van der Waals surface area contributed by atoms with Crippen molar-refractivity contribution in [2.75, 3.05) is 33.5 Å². The summed E-state index contributed by atoms with van der Waals surface area (Å²) in [5.41, 5.74) is 0.979. The largest absolute Gasteiger partial charge is 0.493 e. The van der Waals surface area contributed by atoms with Gasteiger partial charge in [-0.15, -0.1) is 0 Å². The Morgan fingerprint density at radius 3 is 3.00 bits per heavy atom. The molecule has 2 N–H and O–H groups in total. The first-order valence-corrected chi connectivity index (χ1v) is 8.10. The van der Waals surface area contributed by atoms with Crippen LogP contribution in [0.2, 0.25) is 0 Å². The quantitative estimate of drug-likeness (QED) is 0.759. The van der Waals surface area contributed by atoms with Gasteiger partial charge in [0.2, 0.25) is 5.91 Å². The summed E-state index contributed by atoms with van der Waals surface area (Å²) in [4.78, 5) is 12.0. The second kappa shape index (κ2) is 9.37. The lowest BCUT2D eigenvalue weighted by atomic mass is 10.1. The van der Waals surface area contributed by atoms with Crippen LogP contribution >= 0.6 is 0 Å². The monoisotopic (exact) mass is 322 g/mol. The van der Waals surface area contributed by atoms with Crippen LogP contribution in [0.3, 0.4) is 0 Å². The first-order valence-electron chi connectivity index (χ1n) is 8.10. The van der Waals surface area contributed by atoms with E-state index in [9.17, 15) is 4.79 Å². The molecular formula is C17H26N2O4. The fourth-order valence-electron chi connectivity index (χ4n) is 2.40. The highest BCUT2D eigenvalue weighted by atomic mass is 16.5. The van der Waals surface area contributed by atoms with Gasteiger partial charge in [0.15, 0.2) is 11.5 Å². The Morgan fingerprint density at radius 2 is 2.30 bits per heavy atom. The van der Waals surface area contributed by atoms with Crippen molar-refractivity contribution in [2.45, 2.75) is 32.4 Å². The number of hydrogen-bond donors (Lipinski definition) is 2. The van der Waals surface area contributed by atoms with Gasteiger partial charge in [-0.05, 0) is 24.1 Å². The van der Waals surface area contributed by atoms with Crippen LogP contribution in [0.25, 0.3) is 0 Å². The zero-order chi connectivity index (χ0) is 16.5. The fraction of sp³-hybridized carbons (Fsp3) is 0.588. The topological polar surface area (TPSA) is 68.8 Å². The van der Waals surface area contributed by atoms with E-state index in [1.807, 2.05) is 18.2 Å². The van der Waals surface area contributed by atoms with Crippen LogP contribution in [0.4, 0.5) is 0 Å². The summed E-state index contributed by atoms with van der Waals surface area (Å²) in [6, 6.07) is 5.82. The number of methoxy groups -OCH3 is 1. The molecule has 0 spiro atoms. The maximum absolute atomic E-state index is 12.0. The van der Waals surface area contributed by atoms with Crippen molar-refractivity contribution in [1.29, 1.82) is 0 Å². The summed E-state index contributed by atoms with van der Waals surface area (Å²) in [5.74, 6) is 1.43. The highest BCUT2D eigenvalue weighted by Crippen LogP contribution is 2.28. The summed E-state index contributed by atoms with van der Waals surface area (Å²) in [6.45, 7) is 5.28. The van der Waals surface area contributed by atoms with Crippen molar-refractivity contribution in [2.24, 2.45) is 0 Å². The molecule has 1 amide bonds. The van der Waals surface area contributed by atoms with Gasteiger partial charge < -0.3 is 24.8 Å². The van der Waals surface area contributed by atoms with Gasteiger partial charge in [0.25, 0.3) is 0 Å². The predicted octanol–water partition coefficient (Wildman–Crippen LogP) is 1.48. The lowest BCUT2D eigenvalue weighted by molar-refractivity contribution is -0.122. The average molecular weight is 322 g/mol. The second-order valence-electron chi connectivity index (χ2n) is 5.54. The van der Waals surface area contributed by atoms with Crippen molar-refractivity contribution >= 4 is 5.91 Å². The molecule has 1 aromatic carbocycles. The third kappa shape index (κ3) is 5.73. The first-order chi connectivity index (χ1) is 11.2. The van der Waals surface area contributed by atoms with Gasteiger partial charge in [-0.1, -0.05) is 13.0 Å². The van der Waals surface area contributed by atoms with E-state index in [1.165, 1.54) is 0 Å². The second-order valence-corrected chi connectivity index (χ2v) is 5.54. The number of carbonyl (C=O) groups is 1. The summed E-state index contributed by atoms with van der Waals surface area (Å²) < 4.78 is 16.3. The molecule has 1 saturated heterocycles.